The van der Waals surface area contributed by atoms with E-state index >= 15 is 0 Å². The summed E-state index contributed by atoms with van der Waals surface area (Å²) in [5.74, 6) is -0.0649. The number of carbonyl (C=O) groups excluding carboxylic acids is 2. The average Bonchev–Trinajstić information content (AvgIpc) is 2.98. The molecule has 0 unspecified atom stereocenters. The number of aryl methyl sites for hydroxylation is 1. The molecule has 0 aliphatic carbocycles. The van der Waals surface area contributed by atoms with Crippen molar-refractivity contribution in [3.63, 3.8) is 0 Å². The highest BCUT2D eigenvalue weighted by atomic mass is 127. The summed E-state index contributed by atoms with van der Waals surface area (Å²) < 4.78 is 16.5. The third kappa shape index (κ3) is 5.12. The van der Waals surface area contributed by atoms with Crippen molar-refractivity contribution >= 4 is 56.9 Å². The number of nitriles is 1. The summed E-state index contributed by atoms with van der Waals surface area (Å²) in [6.07, 6.45) is 1.46. The van der Waals surface area contributed by atoms with Crippen LogP contribution >= 0.6 is 33.9 Å². The van der Waals surface area contributed by atoms with E-state index in [0.29, 0.717) is 27.6 Å². The Hall–Kier alpha value is -2.58. The van der Waals surface area contributed by atoms with Gasteiger partial charge in [-0.05, 0) is 72.7 Å². The first-order chi connectivity index (χ1) is 14.3. The number of carbonyl (C=O) groups is 2. The smallest absolute Gasteiger partial charge is 0.341 e. The van der Waals surface area contributed by atoms with Gasteiger partial charge < -0.3 is 19.5 Å². The number of thiophene rings is 1. The first-order valence-corrected chi connectivity index (χ1v) is 10.8. The van der Waals surface area contributed by atoms with E-state index in [1.54, 1.807) is 26.0 Å². The predicted octanol–water partition coefficient (Wildman–Crippen LogP) is 4.71. The van der Waals surface area contributed by atoms with Crippen LogP contribution in [0.15, 0.2) is 17.7 Å². The van der Waals surface area contributed by atoms with Gasteiger partial charge in [0.15, 0.2) is 11.5 Å². The fourth-order valence-electron chi connectivity index (χ4n) is 2.67. The van der Waals surface area contributed by atoms with Crippen LogP contribution in [0.1, 0.15) is 33.3 Å². The Bertz CT molecular complexity index is 1050. The standard InChI is InChI=1S/C21H21IN2O5S/c1-6-29-21(26)17-11(2)12(3)30-20(17)24-19(25)14(10-23)7-13-8-15(22)18(28-5)16(9-13)27-4/h7-9H,6H2,1-5H3,(H,24,25)/b14-7+. The Morgan fingerprint density at radius 3 is 2.53 bits per heavy atom. The molecule has 0 aliphatic heterocycles. The van der Waals surface area contributed by atoms with Gasteiger partial charge >= 0.3 is 5.97 Å². The number of methoxy groups -OCH3 is 2. The second kappa shape index (κ2) is 10.4. The molecule has 1 aromatic carbocycles. The molecule has 0 atom stereocenters. The normalized spacial score (nSPS) is 10.9. The highest BCUT2D eigenvalue weighted by molar-refractivity contribution is 14.1. The Labute approximate surface area is 192 Å². The molecule has 0 spiro atoms. The molecule has 9 heteroatoms. The number of halogens is 1. The number of nitrogens with zero attached hydrogens (tertiary/aromatic N) is 1. The predicted molar refractivity (Wildman–Crippen MR) is 124 cm³/mol. The molecule has 7 nitrogen and oxygen atoms in total. The van der Waals surface area contributed by atoms with Crippen LogP contribution < -0.4 is 14.8 Å². The van der Waals surface area contributed by atoms with E-state index in [0.717, 1.165) is 14.0 Å². The minimum absolute atomic E-state index is 0.114. The molecule has 1 amide bonds. The van der Waals surface area contributed by atoms with Gasteiger partial charge in [-0.2, -0.15) is 5.26 Å². The average molecular weight is 540 g/mol. The third-order valence-electron chi connectivity index (χ3n) is 4.22. The zero-order valence-electron chi connectivity index (χ0n) is 17.2. The van der Waals surface area contributed by atoms with Gasteiger partial charge in [-0.15, -0.1) is 11.3 Å². The molecule has 0 fully saturated rings. The molecule has 1 heterocycles. The van der Waals surface area contributed by atoms with Crippen LogP contribution in [0.3, 0.4) is 0 Å². The SMILES string of the molecule is CCOC(=O)c1c(NC(=O)/C(C#N)=C/c2cc(I)c(OC)c(OC)c2)sc(C)c1C. The van der Waals surface area contributed by atoms with Crippen LogP contribution in [0.25, 0.3) is 6.08 Å². The summed E-state index contributed by atoms with van der Waals surface area (Å²) in [4.78, 5) is 25.9. The lowest BCUT2D eigenvalue weighted by atomic mass is 10.1. The summed E-state index contributed by atoms with van der Waals surface area (Å²) in [7, 11) is 3.05. The van der Waals surface area contributed by atoms with Crippen LogP contribution in [0.4, 0.5) is 5.00 Å². The highest BCUT2D eigenvalue weighted by Gasteiger charge is 2.23. The van der Waals surface area contributed by atoms with Crippen molar-refractivity contribution in [2.75, 3.05) is 26.1 Å². The largest absolute Gasteiger partial charge is 0.493 e. The number of hydrogen-bond donors (Lipinski definition) is 1. The van der Waals surface area contributed by atoms with E-state index in [2.05, 4.69) is 27.9 Å². The van der Waals surface area contributed by atoms with Crippen LogP contribution in [0.5, 0.6) is 11.5 Å². The van der Waals surface area contributed by atoms with Gasteiger partial charge in [0, 0.05) is 4.88 Å². The van der Waals surface area contributed by atoms with E-state index in [1.807, 2.05) is 13.0 Å². The summed E-state index contributed by atoms with van der Waals surface area (Å²) in [6, 6.07) is 5.36. The Balaban J connectivity index is 2.39. The number of nitrogens with one attached hydrogen (secondary N) is 1. The van der Waals surface area contributed by atoms with E-state index < -0.39 is 11.9 Å². The fraction of sp³-hybridized carbons (Fsp3) is 0.286. The van der Waals surface area contributed by atoms with Gasteiger partial charge in [-0.25, -0.2) is 4.79 Å². The molecule has 30 heavy (non-hydrogen) atoms. The number of benzene rings is 1. The summed E-state index contributed by atoms with van der Waals surface area (Å²) >= 11 is 3.35. The molecule has 1 N–H and O–H groups in total. The molecule has 0 saturated carbocycles. The van der Waals surface area contributed by atoms with Crippen molar-refractivity contribution in [2.24, 2.45) is 0 Å². The van der Waals surface area contributed by atoms with Crippen LogP contribution in [-0.4, -0.2) is 32.7 Å². The molecule has 1 aromatic heterocycles. The van der Waals surface area contributed by atoms with E-state index in [9.17, 15) is 14.9 Å². The van der Waals surface area contributed by atoms with Crippen LogP contribution in [0.2, 0.25) is 0 Å². The van der Waals surface area contributed by atoms with E-state index in [4.69, 9.17) is 14.2 Å². The first kappa shape index (κ1) is 23.7. The fourth-order valence-corrected chi connectivity index (χ4v) is 4.56. The van der Waals surface area contributed by atoms with Gasteiger partial charge in [0.1, 0.15) is 16.6 Å². The van der Waals surface area contributed by atoms with Gasteiger partial charge in [-0.3, -0.25) is 4.79 Å². The van der Waals surface area contributed by atoms with Crippen LogP contribution in [-0.2, 0) is 9.53 Å². The number of rotatable bonds is 7. The second-order valence-corrected chi connectivity index (χ2v) is 8.46. The Morgan fingerprint density at radius 2 is 1.97 bits per heavy atom. The maximum Gasteiger partial charge on any atom is 0.341 e. The number of amides is 1. The van der Waals surface area contributed by atoms with Crippen molar-refractivity contribution in [3.8, 4) is 17.6 Å². The van der Waals surface area contributed by atoms with E-state index in [1.165, 1.54) is 31.6 Å². The Morgan fingerprint density at radius 1 is 1.27 bits per heavy atom. The molecule has 0 aliphatic rings. The van der Waals surface area contributed by atoms with Gasteiger partial charge in [0.05, 0.1) is 30.0 Å². The molecule has 2 aromatic rings. The number of ether oxygens (including phenoxy) is 3. The molecule has 0 radical (unpaired) electrons. The maximum atomic E-state index is 12.8. The molecule has 158 valence electrons. The zero-order valence-corrected chi connectivity index (χ0v) is 20.2. The van der Waals surface area contributed by atoms with Gasteiger partial charge in [0.25, 0.3) is 5.91 Å². The minimum atomic E-state index is -0.617. The van der Waals surface area contributed by atoms with E-state index in [-0.39, 0.29) is 12.2 Å². The molecular formula is C21H21IN2O5S. The number of anilines is 1. The number of esters is 1. The number of hydrogen-bond acceptors (Lipinski definition) is 7. The lowest BCUT2D eigenvalue weighted by Crippen LogP contribution is -2.16. The quantitative estimate of drug-likeness (QED) is 0.237. The first-order valence-electron chi connectivity index (χ1n) is 8.89. The summed E-state index contributed by atoms with van der Waals surface area (Å²) in [5, 5.41) is 12.6. The van der Waals surface area contributed by atoms with Gasteiger partial charge in [0.2, 0.25) is 0 Å². The van der Waals surface area contributed by atoms with Crippen molar-refractivity contribution in [1.82, 2.24) is 0 Å². The third-order valence-corrected chi connectivity index (χ3v) is 6.15. The summed E-state index contributed by atoms with van der Waals surface area (Å²) in [6.45, 7) is 5.58. The van der Waals surface area contributed by atoms with Crippen molar-refractivity contribution < 1.29 is 23.8 Å². The van der Waals surface area contributed by atoms with Gasteiger partial charge in [-0.1, -0.05) is 0 Å². The zero-order chi connectivity index (χ0) is 22.4. The van der Waals surface area contributed by atoms with Crippen LogP contribution in [0, 0.1) is 28.7 Å². The maximum absolute atomic E-state index is 12.8. The summed E-state index contributed by atoms with van der Waals surface area (Å²) in [5.41, 5.74) is 1.54. The minimum Gasteiger partial charge on any atom is -0.493 e. The lowest BCUT2D eigenvalue weighted by Gasteiger charge is -2.11. The molecular weight excluding hydrogens is 519 g/mol. The second-order valence-electron chi connectivity index (χ2n) is 6.07. The topological polar surface area (TPSA) is 97.7 Å². The highest BCUT2D eigenvalue weighted by Crippen LogP contribution is 2.35. The molecule has 2 rings (SSSR count). The Kier molecular flexibility index (Phi) is 8.25. The van der Waals surface area contributed by atoms with Crippen molar-refractivity contribution in [3.05, 3.63) is 42.8 Å². The van der Waals surface area contributed by atoms with Crippen molar-refractivity contribution in [1.29, 1.82) is 5.26 Å². The van der Waals surface area contributed by atoms with Crippen molar-refractivity contribution in [2.45, 2.75) is 20.8 Å². The molecule has 0 bridgehead atoms. The monoisotopic (exact) mass is 540 g/mol. The lowest BCUT2D eigenvalue weighted by molar-refractivity contribution is -0.112. The molecule has 0 saturated heterocycles.